The minimum Gasteiger partial charge on any atom is -0.366 e. The minimum atomic E-state index is -4.85. The number of carbonyl (C=O) groups excluding carboxylic acids is 2. The predicted octanol–water partition coefficient (Wildman–Crippen LogP) is 2.62. The van der Waals surface area contributed by atoms with E-state index in [-0.39, 0.29) is 17.9 Å². The molecule has 12 heteroatoms. The van der Waals surface area contributed by atoms with Crippen LogP contribution in [-0.4, -0.2) is 43.2 Å². The molecule has 5 atom stereocenters. The highest BCUT2D eigenvalue weighted by Gasteiger charge is 2.76. The Hall–Kier alpha value is -2.49. The molecule has 3 fully saturated rings. The van der Waals surface area contributed by atoms with Crippen LogP contribution < -0.4 is 9.62 Å². The van der Waals surface area contributed by atoms with Gasteiger partial charge in [-0.15, -0.1) is 0 Å². The number of nitrogens with one attached hydrogen (secondary N) is 1. The lowest BCUT2D eigenvalue weighted by Crippen LogP contribution is -2.56. The molecule has 1 aromatic rings. The molecule has 3 heterocycles. The number of nitrogens with zero attached hydrogens (tertiary/aromatic N) is 2. The molecule has 2 amide bonds. The molecule has 2 bridgehead atoms. The molecule has 8 nitrogen and oxygen atoms in total. The number of imide groups is 1. The Morgan fingerprint density at radius 3 is 2.44 bits per heavy atom. The quantitative estimate of drug-likeness (QED) is 0.538. The van der Waals surface area contributed by atoms with Gasteiger partial charge in [0.05, 0.1) is 47.0 Å². The zero-order valence-corrected chi connectivity index (χ0v) is 18.2. The van der Waals surface area contributed by atoms with E-state index in [1.807, 2.05) is 0 Å². The Bertz CT molecular complexity index is 1180. The number of fused-ring (bicyclic) bond motifs is 5. The number of benzene rings is 1. The van der Waals surface area contributed by atoms with Gasteiger partial charge in [-0.3, -0.25) is 9.59 Å². The molecular weight excluding hydrogens is 451 g/mol. The van der Waals surface area contributed by atoms with Gasteiger partial charge in [-0.05, 0) is 39.3 Å². The largest absolute Gasteiger partial charge is 0.407 e. The molecule has 0 aliphatic carbocycles. The van der Waals surface area contributed by atoms with E-state index in [1.54, 1.807) is 13.8 Å². The van der Waals surface area contributed by atoms with E-state index in [0.29, 0.717) is 11.0 Å². The van der Waals surface area contributed by atoms with Gasteiger partial charge in [-0.1, -0.05) is 6.07 Å². The smallest absolute Gasteiger partial charge is 0.366 e. The van der Waals surface area contributed by atoms with Crippen LogP contribution in [0.4, 0.5) is 24.5 Å². The lowest BCUT2D eigenvalue weighted by molar-refractivity contribution is -0.137. The molecule has 4 rings (SSSR count). The summed E-state index contributed by atoms with van der Waals surface area (Å²) >= 11 is 0. The maximum Gasteiger partial charge on any atom is 0.407 e. The van der Waals surface area contributed by atoms with Crippen molar-refractivity contribution in [3.63, 3.8) is 0 Å². The van der Waals surface area contributed by atoms with E-state index < -0.39 is 68.3 Å². The average Bonchev–Trinajstić information content (AvgIpc) is 3.21. The normalized spacial score (nSPS) is 34.2. The van der Waals surface area contributed by atoms with E-state index >= 15 is 0 Å². The Balaban J connectivity index is 1.76. The molecule has 1 N–H and O–H groups in total. The third kappa shape index (κ3) is 3.06. The average molecular weight is 471 g/mol. The Labute approximate surface area is 182 Å². The number of anilines is 1. The van der Waals surface area contributed by atoms with Gasteiger partial charge in [-0.2, -0.15) is 13.2 Å². The first-order valence-electron chi connectivity index (χ1n) is 9.85. The summed E-state index contributed by atoms with van der Waals surface area (Å²) in [6.45, 7) is 11.6. The monoisotopic (exact) mass is 471 g/mol. The standard InChI is InChI=1S/C20H20F3N3O5S/c1-5-32(29,30)25-13-9-18(2)14-15(19(13,3)31-18)17(28)26(16(14)27)10-6-7-12(24-4)11(8-10)20(21,22)23/h6-8,13-15,25H,5,9H2,1-3H3. The van der Waals surface area contributed by atoms with Crippen LogP contribution in [0.15, 0.2) is 18.2 Å². The summed E-state index contributed by atoms with van der Waals surface area (Å²) in [5, 5.41) is 0. The molecule has 0 aromatic heterocycles. The fourth-order valence-electron chi connectivity index (χ4n) is 5.26. The van der Waals surface area contributed by atoms with Crippen molar-refractivity contribution in [1.29, 1.82) is 0 Å². The van der Waals surface area contributed by atoms with E-state index in [4.69, 9.17) is 11.3 Å². The van der Waals surface area contributed by atoms with Crippen molar-refractivity contribution in [3.8, 4) is 0 Å². The third-order valence-corrected chi connectivity index (χ3v) is 8.11. The van der Waals surface area contributed by atoms with E-state index in [2.05, 4.69) is 9.57 Å². The molecule has 172 valence electrons. The van der Waals surface area contributed by atoms with Gasteiger partial charge in [-0.25, -0.2) is 22.9 Å². The maximum absolute atomic E-state index is 13.4. The number of halogens is 3. The van der Waals surface area contributed by atoms with Crippen molar-refractivity contribution < 1.29 is 35.9 Å². The molecule has 0 spiro atoms. The molecule has 32 heavy (non-hydrogen) atoms. The second-order valence-electron chi connectivity index (χ2n) is 8.65. The Kier molecular flexibility index (Phi) is 4.79. The van der Waals surface area contributed by atoms with Crippen molar-refractivity contribution >= 4 is 33.2 Å². The van der Waals surface area contributed by atoms with Crippen molar-refractivity contribution in [3.05, 3.63) is 35.2 Å². The van der Waals surface area contributed by atoms with Gasteiger partial charge in [0.2, 0.25) is 21.8 Å². The third-order valence-electron chi connectivity index (χ3n) is 6.70. The topological polar surface area (TPSA) is 97.1 Å². The molecule has 0 radical (unpaired) electrons. The van der Waals surface area contributed by atoms with Gasteiger partial charge in [0, 0.05) is 5.69 Å². The first-order chi connectivity index (χ1) is 14.7. The molecule has 5 unspecified atom stereocenters. The lowest BCUT2D eigenvalue weighted by atomic mass is 9.67. The van der Waals surface area contributed by atoms with Crippen LogP contribution in [0.5, 0.6) is 0 Å². The first-order valence-corrected chi connectivity index (χ1v) is 11.5. The van der Waals surface area contributed by atoms with Crippen LogP contribution in [-0.2, 0) is 30.5 Å². The van der Waals surface area contributed by atoms with Crippen molar-refractivity contribution in [2.24, 2.45) is 11.8 Å². The summed E-state index contributed by atoms with van der Waals surface area (Å²) in [7, 11) is -3.64. The predicted molar refractivity (Wildman–Crippen MR) is 106 cm³/mol. The SMILES string of the molecule is [C-]#[N+]c1ccc(N2C(=O)C3C(C2=O)C2(C)OC3(C)CC2NS(=O)(=O)CC)cc1C(F)(F)F. The number of amides is 2. The number of hydrogen-bond donors (Lipinski definition) is 1. The van der Waals surface area contributed by atoms with Crippen LogP contribution in [0.25, 0.3) is 4.85 Å². The number of ether oxygens (including phenoxy) is 1. The number of rotatable bonds is 4. The summed E-state index contributed by atoms with van der Waals surface area (Å²) in [6, 6.07) is 1.90. The van der Waals surface area contributed by atoms with Gasteiger partial charge >= 0.3 is 6.18 Å². The maximum atomic E-state index is 13.4. The summed E-state index contributed by atoms with van der Waals surface area (Å²) in [6.07, 6.45) is -4.71. The molecule has 0 saturated carbocycles. The Morgan fingerprint density at radius 1 is 1.25 bits per heavy atom. The summed E-state index contributed by atoms with van der Waals surface area (Å²) in [4.78, 5) is 30.1. The van der Waals surface area contributed by atoms with E-state index in [9.17, 15) is 31.2 Å². The molecule has 3 aliphatic rings. The summed E-state index contributed by atoms with van der Waals surface area (Å²) < 4.78 is 73.1. The molecule has 3 saturated heterocycles. The highest BCUT2D eigenvalue weighted by atomic mass is 32.2. The van der Waals surface area contributed by atoms with Crippen LogP contribution in [0.2, 0.25) is 0 Å². The number of alkyl halides is 3. The van der Waals surface area contributed by atoms with Gasteiger partial charge < -0.3 is 4.74 Å². The highest BCUT2D eigenvalue weighted by molar-refractivity contribution is 7.89. The van der Waals surface area contributed by atoms with Crippen molar-refractivity contribution in [2.75, 3.05) is 10.7 Å². The zero-order chi connectivity index (χ0) is 23.9. The van der Waals surface area contributed by atoms with Crippen LogP contribution in [0.1, 0.15) is 32.8 Å². The molecule has 1 aromatic carbocycles. The highest BCUT2D eigenvalue weighted by Crippen LogP contribution is 2.61. The molecule has 3 aliphatic heterocycles. The van der Waals surface area contributed by atoms with Gasteiger partial charge in [0.25, 0.3) is 0 Å². The van der Waals surface area contributed by atoms with Crippen LogP contribution in [0.3, 0.4) is 0 Å². The summed E-state index contributed by atoms with van der Waals surface area (Å²) in [5.74, 6) is -3.66. The van der Waals surface area contributed by atoms with Crippen LogP contribution >= 0.6 is 0 Å². The fraction of sp³-hybridized carbons (Fsp3) is 0.550. The molecular formula is C20H20F3N3O5S. The van der Waals surface area contributed by atoms with Crippen molar-refractivity contribution in [2.45, 2.75) is 50.6 Å². The van der Waals surface area contributed by atoms with Crippen molar-refractivity contribution in [1.82, 2.24) is 4.72 Å². The van der Waals surface area contributed by atoms with Crippen LogP contribution in [0, 0.1) is 18.4 Å². The first kappa shape index (κ1) is 22.7. The van der Waals surface area contributed by atoms with E-state index in [0.717, 1.165) is 12.1 Å². The van der Waals surface area contributed by atoms with Gasteiger partial charge in [0.1, 0.15) is 0 Å². The van der Waals surface area contributed by atoms with E-state index in [1.165, 1.54) is 6.92 Å². The Morgan fingerprint density at radius 2 is 1.88 bits per heavy atom. The number of sulfonamides is 1. The summed E-state index contributed by atoms with van der Waals surface area (Å²) in [5.41, 5.74) is -4.67. The number of carbonyl (C=O) groups is 2. The van der Waals surface area contributed by atoms with Gasteiger partial charge in [0.15, 0.2) is 5.69 Å². The zero-order valence-electron chi connectivity index (χ0n) is 17.4. The number of hydrogen-bond acceptors (Lipinski definition) is 5. The fourth-order valence-corrected chi connectivity index (χ4v) is 6.17. The second-order valence-corrected chi connectivity index (χ2v) is 10.7. The minimum absolute atomic E-state index is 0.140. The second kappa shape index (κ2) is 6.76. The lowest BCUT2D eigenvalue weighted by Gasteiger charge is -2.35.